The Balaban J connectivity index is 2.11. The average molecular weight is 332 g/mol. The third-order valence-corrected chi connectivity index (χ3v) is 3.46. The van der Waals surface area contributed by atoms with E-state index in [-0.39, 0.29) is 5.91 Å². The summed E-state index contributed by atoms with van der Waals surface area (Å²) < 4.78 is 0.734. The highest BCUT2D eigenvalue weighted by molar-refractivity contribution is 9.10. The molecular weight excluding hydrogens is 318 g/mol. The molecule has 0 aliphatic heterocycles. The van der Waals surface area contributed by atoms with Crippen molar-refractivity contribution in [2.45, 2.75) is 6.92 Å². The van der Waals surface area contributed by atoms with Crippen LogP contribution in [0.15, 0.2) is 58.1 Å². The van der Waals surface area contributed by atoms with E-state index in [1.54, 1.807) is 24.3 Å². The van der Waals surface area contributed by atoms with Crippen LogP contribution in [0.5, 0.6) is 0 Å². The van der Waals surface area contributed by atoms with E-state index in [4.69, 9.17) is 5.73 Å². The Morgan fingerprint density at radius 2 is 1.80 bits per heavy atom. The Labute approximate surface area is 125 Å². The lowest BCUT2D eigenvalue weighted by atomic mass is 10.1. The van der Waals surface area contributed by atoms with E-state index in [1.807, 2.05) is 31.2 Å². The molecule has 1 amide bonds. The largest absolute Gasteiger partial charge is 0.399 e. The van der Waals surface area contributed by atoms with E-state index in [9.17, 15) is 4.79 Å². The average Bonchev–Trinajstić information content (AvgIpc) is 2.45. The molecule has 4 nitrogen and oxygen atoms in total. The van der Waals surface area contributed by atoms with E-state index in [0.29, 0.717) is 17.0 Å². The van der Waals surface area contributed by atoms with Crippen molar-refractivity contribution < 1.29 is 4.79 Å². The lowest BCUT2D eigenvalue weighted by molar-refractivity contribution is 0.0954. The molecule has 0 aliphatic rings. The predicted molar refractivity (Wildman–Crippen MR) is 84.7 cm³/mol. The van der Waals surface area contributed by atoms with Gasteiger partial charge in [0.15, 0.2) is 0 Å². The molecule has 2 aromatic rings. The molecular formula is C15H14BrN3O. The van der Waals surface area contributed by atoms with Gasteiger partial charge in [-0.3, -0.25) is 4.79 Å². The maximum absolute atomic E-state index is 12.0. The molecule has 0 heterocycles. The van der Waals surface area contributed by atoms with Crippen molar-refractivity contribution in [1.82, 2.24) is 5.43 Å². The maximum atomic E-state index is 12.0. The van der Waals surface area contributed by atoms with Gasteiger partial charge in [-0.2, -0.15) is 5.10 Å². The van der Waals surface area contributed by atoms with Crippen molar-refractivity contribution in [3.05, 3.63) is 64.1 Å². The molecule has 0 unspecified atom stereocenters. The number of benzene rings is 2. The molecule has 2 aromatic carbocycles. The third kappa shape index (κ3) is 3.45. The first kappa shape index (κ1) is 14.3. The quantitative estimate of drug-likeness (QED) is 0.515. The van der Waals surface area contributed by atoms with Gasteiger partial charge in [-0.15, -0.1) is 0 Å². The number of hydrazone groups is 1. The summed E-state index contributed by atoms with van der Waals surface area (Å²) in [6.45, 7) is 1.83. The van der Waals surface area contributed by atoms with Crippen molar-refractivity contribution >= 4 is 33.2 Å². The molecule has 3 N–H and O–H groups in total. The summed E-state index contributed by atoms with van der Waals surface area (Å²) in [5.74, 6) is -0.257. The molecule has 0 aromatic heterocycles. The molecule has 0 saturated heterocycles. The van der Waals surface area contributed by atoms with E-state index < -0.39 is 0 Å². The van der Waals surface area contributed by atoms with E-state index in [2.05, 4.69) is 26.5 Å². The minimum atomic E-state index is -0.257. The first-order valence-corrected chi connectivity index (χ1v) is 6.82. The zero-order chi connectivity index (χ0) is 14.5. The van der Waals surface area contributed by atoms with Gasteiger partial charge in [-0.25, -0.2) is 5.43 Å². The highest BCUT2D eigenvalue weighted by Crippen LogP contribution is 2.15. The van der Waals surface area contributed by atoms with Crippen LogP contribution >= 0.6 is 15.9 Å². The van der Waals surface area contributed by atoms with Gasteiger partial charge in [0, 0.05) is 10.2 Å². The second-order valence-electron chi connectivity index (χ2n) is 4.24. The van der Waals surface area contributed by atoms with Gasteiger partial charge >= 0.3 is 0 Å². The van der Waals surface area contributed by atoms with E-state index in [1.165, 1.54) is 0 Å². The lowest BCUT2D eigenvalue weighted by Crippen LogP contribution is -2.19. The van der Waals surface area contributed by atoms with Crippen molar-refractivity contribution in [2.24, 2.45) is 5.10 Å². The maximum Gasteiger partial charge on any atom is 0.272 e. The molecule has 102 valence electrons. The van der Waals surface area contributed by atoms with Gasteiger partial charge in [0.1, 0.15) is 0 Å². The van der Waals surface area contributed by atoms with Gasteiger partial charge in [0.2, 0.25) is 0 Å². The smallest absolute Gasteiger partial charge is 0.272 e. The van der Waals surface area contributed by atoms with Crippen LogP contribution in [0.25, 0.3) is 0 Å². The fraction of sp³-hybridized carbons (Fsp3) is 0.0667. The second kappa shape index (κ2) is 6.34. The Hall–Kier alpha value is -2.14. The first-order valence-electron chi connectivity index (χ1n) is 6.03. The molecule has 0 atom stereocenters. The molecule has 20 heavy (non-hydrogen) atoms. The lowest BCUT2D eigenvalue weighted by Gasteiger charge is -2.04. The number of amides is 1. The number of carbonyl (C=O) groups excluding carboxylic acids is 1. The van der Waals surface area contributed by atoms with Crippen LogP contribution in [0.3, 0.4) is 0 Å². The highest BCUT2D eigenvalue weighted by atomic mass is 79.9. The van der Waals surface area contributed by atoms with Crippen LogP contribution in [0.2, 0.25) is 0 Å². The van der Waals surface area contributed by atoms with Crippen LogP contribution < -0.4 is 11.2 Å². The summed E-state index contributed by atoms with van der Waals surface area (Å²) in [6.07, 6.45) is 0. The topological polar surface area (TPSA) is 67.5 Å². The normalized spacial score (nSPS) is 11.2. The van der Waals surface area contributed by atoms with Gasteiger partial charge < -0.3 is 5.73 Å². The van der Waals surface area contributed by atoms with E-state index >= 15 is 0 Å². The van der Waals surface area contributed by atoms with Gasteiger partial charge in [-0.05, 0) is 52.7 Å². The Kier molecular flexibility index (Phi) is 4.53. The zero-order valence-electron chi connectivity index (χ0n) is 10.9. The molecule has 0 saturated carbocycles. The molecule has 0 aliphatic carbocycles. The Morgan fingerprint density at radius 1 is 1.15 bits per heavy atom. The number of carbonyl (C=O) groups is 1. The molecule has 0 spiro atoms. The standard InChI is InChI=1S/C15H14BrN3O/c1-10(11-6-8-12(17)9-7-11)18-19-15(20)13-4-2-3-5-14(13)16/h2-9H,17H2,1H3,(H,19,20). The van der Waals surface area contributed by atoms with Crippen LogP contribution in [-0.4, -0.2) is 11.6 Å². The predicted octanol–water partition coefficient (Wildman–Crippen LogP) is 3.19. The molecule has 5 heteroatoms. The van der Waals surface area contributed by atoms with Crippen LogP contribution in [-0.2, 0) is 0 Å². The number of nitrogens with zero attached hydrogens (tertiary/aromatic N) is 1. The van der Waals surface area contributed by atoms with Gasteiger partial charge in [0.25, 0.3) is 5.91 Å². The summed E-state index contributed by atoms with van der Waals surface area (Å²) in [5, 5.41) is 4.10. The fourth-order valence-electron chi connectivity index (χ4n) is 1.63. The third-order valence-electron chi connectivity index (χ3n) is 2.77. The number of nitrogens with one attached hydrogen (secondary N) is 1. The summed E-state index contributed by atoms with van der Waals surface area (Å²) in [6, 6.07) is 14.5. The van der Waals surface area contributed by atoms with Crippen molar-refractivity contribution in [3.63, 3.8) is 0 Å². The Morgan fingerprint density at radius 3 is 2.45 bits per heavy atom. The summed E-state index contributed by atoms with van der Waals surface area (Å²) in [5.41, 5.74) is 11.0. The minimum absolute atomic E-state index is 0.257. The van der Waals surface area contributed by atoms with Gasteiger partial charge in [-0.1, -0.05) is 24.3 Å². The van der Waals surface area contributed by atoms with Crippen LogP contribution in [0.1, 0.15) is 22.8 Å². The van der Waals surface area contributed by atoms with Crippen molar-refractivity contribution in [3.8, 4) is 0 Å². The highest BCUT2D eigenvalue weighted by Gasteiger charge is 2.08. The van der Waals surface area contributed by atoms with Crippen molar-refractivity contribution in [1.29, 1.82) is 0 Å². The minimum Gasteiger partial charge on any atom is -0.399 e. The zero-order valence-corrected chi connectivity index (χ0v) is 12.5. The van der Waals surface area contributed by atoms with Crippen LogP contribution in [0.4, 0.5) is 5.69 Å². The van der Waals surface area contributed by atoms with E-state index in [0.717, 1.165) is 10.0 Å². The second-order valence-corrected chi connectivity index (χ2v) is 5.09. The number of anilines is 1. The summed E-state index contributed by atoms with van der Waals surface area (Å²) >= 11 is 3.33. The van der Waals surface area contributed by atoms with Crippen molar-refractivity contribution in [2.75, 3.05) is 5.73 Å². The summed E-state index contributed by atoms with van der Waals surface area (Å²) in [7, 11) is 0. The molecule has 0 fully saturated rings. The Bertz CT molecular complexity index is 650. The SMILES string of the molecule is CC(=NNC(=O)c1ccccc1Br)c1ccc(N)cc1. The number of hydrogen-bond donors (Lipinski definition) is 2. The molecule has 0 bridgehead atoms. The molecule has 0 radical (unpaired) electrons. The molecule has 2 rings (SSSR count). The number of nitrogens with two attached hydrogens (primary N) is 1. The number of rotatable bonds is 3. The van der Waals surface area contributed by atoms with Gasteiger partial charge in [0.05, 0.1) is 11.3 Å². The monoisotopic (exact) mass is 331 g/mol. The number of hydrogen-bond acceptors (Lipinski definition) is 3. The van der Waals surface area contributed by atoms with Crippen LogP contribution in [0, 0.1) is 0 Å². The summed E-state index contributed by atoms with van der Waals surface area (Å²) in [4.78, 5) is 12.0. The first-order chi connectivity index (χ1) is 9.58. The number of nitrogen functional groups attached to an aromatic ring is 1. The number of halogens is 1. The fourth-order valence-corrected chi connectivity index (χ4v) is 2.09.